The number of carbonyl (C=O) groups excluding carboxylic acids is 1. The molecule has 0 aliphatic rings. The Morgan fingerprint density at radius 2 is 1.45 bits per heavy atom. The van der Waals surface area contributed by atoms with Crippen LogP contribution in [0.5, 0.6) is 11.5 Å². The number of alkyl halides is 6. The molecular weight excluding hydrogens is 570 g/mol. The van der Waals surface area contributed by atoms with Gasteiger partial charge in [-0.15, -0.1) is 0 Å². The van der Waals surface area contributed by atoms with E-state index in [-0.39, 0.29) is 22.9 Å². The van der Waals surface area contributed by atoms with Crippen molar-refractivity contribution in [2.45, 2.75) is 12.4 Å². The Kier molecular flexibility index (Phi) is 7.48. The van der Waals surface area contributed by atoms with Crippen molar-refractivity contribution in [1.82, 2.24) is 10.3 Å². The van der Waals surface area contributed by atoms with Crippen molar-refractivity contribution in [2.75, 3.05) is 17.7 Å². The van der Waals surface area contributed by atoms with Gasteiger partial charge in [0.15, 0.2) is 0 Å². The molecule has 0 spiro atoms. The normalized spacial score (nSPS) is 11.8. The molecule has 0 radical (unpaired) electrons. The second-order valence-corrected chi connectivity index (χ2v) is 8.52. The quantitative estimate of drug-likeness (QED) is 0.180. The number of rotatable bonds is 7. The molecule has 0 saturated carbocycles. The van der Waals surface area contributed by atoms with Crippen molar-refractivity contribution < 1.29 is 35.9 Å². The minimum absolute atomic E-state index is 0.0117. The summed E-state index contributed by atoms with van der Waals surface area (Å²) in [5, 5.41) is 6.31. The number of anilines is 4. The van der Waals surface area contributed by atoms with Gasteiger partial charge in [0.05, 0.1) is 21.8 Å². The number of hydrogen-bond acceptors (Lipinski definition) is 7. The van der Waals surface area contributed by atoms with Crippen LogP contribution in [0.2, 0.25) is 5.02 Å². The van der Waals surface area contributed by atoms with Crippen LogP contribution in [0.3, 0.4) is 0 Å². The Hall–Kier alpha value is -4.59. The molecule has 0 fully saturated rings. The molecule has 15 heteroatoms. The minimum atomic E-state index is -4.96. The van der Waals surface area contributed by atoms with E-state index >= 15 is 0 Å². The van der Waals surface area contributed by atoms with Crippen molar-refractivity contribution in [3.63, 3.8) is 0 Å². The molecule has 8 nitrogen and oxygen atoms in total. The highest BCUT2D eigenvalue weighted by Gasteiger charge is 2.36. The molecule has 208 valence electrons. The first-order chi connectivity index (χ1) is 18.7. The SMILES string of the molecule is CNC(=O)c1cc(Oc2ccc(Nc3c(Nc4ccc(Cl)c(C(F)(F)F)c4)c(=O)c3=O)c(C(F)(F)F)c2)ccn1. The van der Waals surface area contributed by atoms with E-state index in [9.17, 15) is 40.7 Å². The van der Waals surface area contributed by atoms with Gasteiger partial charge in [-0.3, -0.25) is 19.4 Å². The highest BCUT2D eigenvalue weighted by atomic mass is 35.5. The van der Waals surface area contributed by atoms with Crippen LogP contribution in [0, 0.1) is 0 Å². The number of nitrogens with zero attached hydrogens (tertiary/aromatic N) is 1. The molecule has 4 aromatic rings. The third-order valence-electron chi connectivity index (χ3n) is 5.43. The number of nitrogens with one attached hydrogen (secondary N) is 3. The zero-order valence-corrected chi connectivity index (χ0v) is 20.7. The van der Waals surface area contributed by atoms with Gasteiger partial charge in [-0.05, 0) is 42.5 Å². The van der Waals surface area contributed by atoms with Crippen LogP contribution < -0.4 is 31.5 Å². The zero-order valence-electron chi connectivity index (χ0n) is 19.9. The first kappa shape index (κ1) is 28.4. The van der Waals surface area contributed by atoms with Crippen LogP contribution in [0.25, 0.3) is 0 Å². The number of carbonyl (C=O) groups is 1. The molecule has 1 amide bonds. The van der Waals surface area contributed by atoms with Crippen molar-refractivity contribution in [3.8, 4) is 11.5 Å². The standard InChI is InChI=1S/C25H15ClF6N4O4/c1-33-23(39)18-10-13(6-7-34-18)40-12-3-5-17(15(9-12)25(30,31)32)36-20-19(21(37)22(20)38)35-11-2-4-16(26)14(8-11)24(27,28)29/h2-10,35-36H,1H3,(H,33,39). The number of aromatic nitrogens is 1. The highest BCUT2D eigenvalue weighted by molar-refractivity contribution is 6.31. The van der Waals surface area contributed by atoms with Gasteiger partial charge in [0, 0.05) is 25.0 Å². The van der Waals surface area contributed by atoms with Crippen molar-refractivity contribution in [3.05, 3.63) is 97.0 Å². The number of hydrogen-bond donors (Lipinski definition) is 3. The molecule has 0 aliphatic heterocycles. The van der Waals surface area contributed by atoms with E-state index in [0.717, 1.165) is 24.3 Å². The van der Waals surface area contributed by atoms with E-state index < -0.39 is 62.3 Å². The van der Waals surface area contributed by atoms with Gasteiger partial charge in [-0.2, -0.15) is 26.3 Å². The van der Waals surface area contributed by atoms with E-state index in [2.05, 4.69) is 20.9 Å². The molecular formula is C25H15ClF6N4O4. The third-order valence-corrected chi connectivity index (χ3v) is 5.76. The second-order valence-electron chi connectivity index (χ2n) is 8.11. The summed E-state index contributed by atoms with van der Waals surface area (Å²) in [4.78, 5) is 39.9. The molecule has 0 saturated heterocycles. The van der Waals surface area contributed by atoms with Crippen LogP contribution in [0.15, 0.2) is 64.3 Å². The summed E-state index contributed by atoms with van der Waals surface area (Å²) < 4.78 is 86.7. The lowest BCUT2D eigenvalue weighted by atomic mass is 10.1. The maximum Gasteiger partial charge on any atom is 0.418 e. The summed E-state index contributed by atoms with van der Waals surface area (Å²) in [5.41, 5.74) is -6.91. The Balaban J connectivity index is 1.64. The Labute approximate surface area is 225 Å². The predicted octanol–water partition coefficient (Wildman–Crippen LogP) is 6.01. The van der Waals surface area contributed by atoms with Crippen molar-refractivity contribution >= 4 is 40.3 Å². The zero-order chi connectivity index (χ0) is 29.4. The topological polar surface area (TPSA) is 109 Å². The van der Waals surface area contributed by atoms with Crippen LogP contribution in [0.1, 0.15) is 21.6 Å². The number of pyridine rings is 1. The number of benzene rings is 2. The summed E-state index contributed by atoms with van der Waals surface area (Å²) in [7, 11) is 1.37. The Morgan fingerprint density at radius 1 is 0.825 bits per heavy atom. The lowest BCUT2D eigenvalue weighted by Crippen LogP contribution is -2.36. The molecule has 4 rings (SSSR count). The van der Waals surface area contributed by atoms with Gasteiger partial charge in [0.2, 0.25) is 0 Å². The fourth-order valence-corrected chi connectivity index (χ4v) is 3.75. The summed E-state index contributed by atoms with van der Waals surface area (Å²) in [5.74, 6) is -0.819. The van der Waals surface area contributed by atoms with Crippen LogP contribution in [-0.2, 0) is 12.4 Å². The highest BCUT2D eigenvalue weighted by Crippen LogP contribution is 2.40. The maximum absolute atomic E-state index is 13.9. The van der Waals surface area contributed by atoms with E-state index in [1.165, 1.54) is 25.4 Å². The molecule has 0 unspecified atom stereocenters. The molecule has 3 aromatic carbocycles. The van der Waals surface area contributed by atoms with Gasteiger partial charge in [0.1, 0.15) is 28.6 Å². The number of halogens is 7. The Morgan fingerprint density at radius 3 is 2.08 bits per heavy atom. The van der Waals surface area contributed by atoms with E-state index in [1.807, 2.05) is 0 Å². The molecule has 0 bridgehead atoms. The molecule has 1 heterocycles. The average molecular weight is 585 g/mol. The fourth-order valence-electron chi connectivity index (χ4n) is 3.52. The monoisotopic (exact) mass is 584 g/mol. The predicted molar refractivity (Wildman–Crippen MR) is 134 cm³/mol. The van der Waals surface area contributed by atoms with Gasteiger partial charge >= 0.3 is 12.4 Å². The second kappa shape index (κ2) is 10.5. The number of ether oxygens (including phenoxy) is 1. The smallest absolute Gasteiger partial charge is 0.418 e. The molecule has 0 aliphatic carbocycles. The maximum atomic E-state index is 13.9. The summed E-state index contributed by atoms with van der Waals surface area (Å²) in [6.07, 6.45) is -8.57. The van der Waals surface area contributed by atoms with Crippen LogP contribution >= 0.6 is 11.6 Å². The van der Waals surface area contributed by atoms with Crippen molar-refractivity contribution in [2.24, 2.45) is 0 Å². The lowest BCUT2D eigenvalue weighted by Gasteiger charge is -2.19. The molecule has 1 aromatic heterocycles. The Bertz CT molecular complexity index is 1680. The molecule has 40 heavy (non-hydrogen) atoms. The van der Waals surface area contributed by atoms with Crippen LogP contribution in [0.4, 0.5) is 49.1 Å². The van der Waals surface area contributed by atoms with E-state index in [4.69, 9.17) is 16.3 Å². The largest absolute Gasteiger partial charge is 0.457 e. The van der Waals surface area contributed by atoms with Gasteiger partial charge < -0.3 is 20.7 Å². The average Bonchev–Trinajstić information content (AvgIpc) is 2.90. The van der Waals surface area contributed by atoms with Crippen molar-refractivity contribution in [1.29, 1.82) is 0 Å². The summed E-state index contributed by atoms with van der Waals surface area (Å²) >= 11 is 5.57. The third kappa shape index (κ3) is 5.86. The summed E-state index contributed by atoms with van der Waals surface area (Å²) in [6, 6.07) is 7.80. The first-order valence-corrected chi connectivity index (χ1v) is 11.4. The minimum Gasteiger partial charge on any atom is -0.457 e. The van der Waals surface area contributed by atoms with E-state index in [1.54, 1.807) is 0 Å². The van der Waals surface area contributed by atoms with Gasteiger partial charge in [-0.25, -0.2) is 0 Å². The lowest BCUT2D eigenvalue weighted by molar-refractivity contribution is -0.138. The number of amides is 1. The molecule has 0 atom stereocenters. The first-order valence-electron chi connectivity index (χ1n) is 11.0. The van der Waals surface area contributed by atoms with Gasteiger partial charge in [0.25, 0.3) is 16.8 Å². The van der Waals surface area contributed by atoms with E-state index in [0.29, 0.717) is 12.1 Å². The fraction of sp³-hybridized carbons (Fsp3) is 0.120. The van der Waals surface area contributed by atoms with Gasteiger partial charge in [-0.1, -0.05) is 11.6 Å². The van der Waals surface area contributed by atoms with Crippen LogP contribution in [-0.4, -0.2) is 17.9 Å². The summed E-state index contributed by atoms with van der Waals surface area (Å²) in [6.45, 7) is 0. The molecule has 3 N–H and O–H groups in total.